The molecule has 2 aromatic carbocycles. The fraction of sp³-hybridized carbons (Fsp3) is 0.320. The molecule has 9 heteroatoms. The number of carbonyl (C=O) groups excluding carboxylic acids is 2. The summed E-state index contributed by atoms with van der Waals surface area (Å²) < 4.78 is 1.67. The molecule has 0 atom stereocenters. The van der Waals surface area contributed by atoms with Gasteiger partial charge in [-0.3, -0.25) is 19.7 Å². The van der Waals surface area contributed by atoms with Gasteiger partial charge in [0.05, 0.1) is 22.8 Å². The number of amides is 2. The van der Waals surface area contributed by atoms with Crippen LogP contribution in [-0.2, 0) is 10.2 Å². The zero-order chi connectivity index (χ0) is 25.2. The Bertz CT molecular complexity index is 1240. The maximum absolute atomic E-state index is 12.8. The van der Waals surface area contributed by atoms with Crippen LogP contribution < -0.4 is 5.32 Å². The number of nitrogens with zero attached hydrogens (tertiary/aromatic N) is 4. The van der Waals surface area contributed by atoms with E-state index in [1.54, 1.807) is 11.6 Å². The molecule has 3 aromatic rings. The topological polar surface area (TPSA) is 110 Å². The minimum atomic E-state index is -0.530. The van der Waals surface area contributed by atoms with Crippen LogP contribution in [0.25, 0.3) is 5.69 Å². The Hall–Kier alpha value is -4.01. The highest BCUT2D eigenvalue weighted by molar-refractivity contribution is 5.99. The maximum atomic E-state index is 12.8. The molecule has 0 aliphatic heterocycles. The Morgan fingerprint density at radius 1 is 1.09 bits per heavy atom. The Morgan fingerprint density at radius 2 is 1.74 bits per heavy atom. The minimum absolute atomic E-state index is 0.139. The van der Waals surface area contributed by atoms with Crippen molar-refractivity contribution in [1.29, 1.82) is 0 Å². The molecule has 3 rings (SSSR count). The summed E-state index contributed by atoms with van der Waals surface area (Å²) >= 11 is 0. The van der Waals surface area contributed by atoms with Crippen molar-refractivity contribution >= 4 is 23.3 Å². The van der Waals surface area contributed by atoms with E-state index in [-0.39, 0.29) is 23.2 Å². The van der Waals surface area contributed by atoms with Crippen LogP contribution in [0.5, 0.6) is 0 Å². The molecule has 0 saturated carbocycles. The number of nitro groups is 1. The lowest BCUT2D eigenvalue weighted by molar-refractivity contribution is -0.385. The molecule has 0 bridgehead atoms. The number of anilines is 1. The highest BCUT2D eigenvalue weighted by Crippen LogP contribution is 2.26. The van der Waals surface area contributed by atoms with Crippen molar-refractivity contribution in [1.82, 2.24) is 14.7 Å². The quantitative estimate of drug-likeness (QED) is 0.430. The molecule has 0 unspecified atom stereocenters. The molecule has 2 amide bonds. The lowest BCUT2D eigenvalue weighted by Gasteiger charge is -2.17. The van der Waals surface area contributed by atoms with Crippen molar-refractivity contribution in [2.24, 2.45) is 0 Å². The minimum Gasteiger partial charge on any atom is -0.332 e. The zero-order valence-corrected chi connectivity index (χ0v) is 20.2. The molecule has 1 heterocycles. The van der Waals surface area contributed by atoms with E-state index in [4.69, 9.17) is 0 Å². The van der Waals surface area contributed by atoms with Crippen LogP contribution in [0.2, 0.25) is 0 Å². The summed E-state index contributed by atoms with van der Waals surface area (Å²) in [5.41, 5.74) is 2.94. The zero-order valence-electron chi connectivity index (χ0n) is 20.2. The van der Waals surface area contributed by atoms with E-state index in [0.29, 0.717) is 11.4 Å². The molecule has 0 aliphatic carbocycles. The smallest absolute Gasteiger partial charge is 0.273 e. The van der Waals surface area contributed by atoms with Gasteiger partial charge in [0.2, 0.25) is 5.91 Å². The molecular weight excluding hydrogens is 434 g/mol. The maximum Gasteiger partial charge on any atom is 0.273 e. The number of nitro benzene ring substituents is 1. The summed E-state index contributed by atoms with van der Waals surface area (Å²) in [5.74, 6) is -0.405. The molecule has 1 N–H and O–H groups in total. The van der Waals surface area contributed by atoms with Gasteiger partial charge in [-0.15, -0.1) is 0 Å². The van der Waals surface area contributed by atoms with Gasteiger partial charge in [-0.1, -0.05) is 44.5 Å². The van der Waals surface area contributed by atoms with Crippen molar-refractivity contribution in [2.75, 3.05) is 18.9 Å². The van der Waals surface area contributed by atoms with Gasteiger partial charge in [0.1, 0.15) is 5.82 Å². The largest absolute Gasteiger partial charge is 0.332 e. The number of benzene rings is 2. The number of likely N-dealkylation sites (N-methyl/N-ethyl adjacent to an activating group) is 1. The third-order valence-electron chi connectivity index (χ3n) is 5.40. The van der Waals surface area contributed by atoms with Gasteiger partial charge in [0.25, 0.3) is 11.6 Å². The second-order valence-electron chi connectivity index (χ2n) is 9.38. The Labute approximate surface area is 198 Å². The average Bonchev–Trinajstić information content (AvgIpc) is 3.18. The number of aryl methyl sites for hydroxylation is 2. The third kappa shape index (κ3) is 5.48. The molecule has 0 saturated heterocycles. The molecule has 0 aliphatic rings. The summed E-state index contributed by atoms with van der Waals surface area (Å²) in [6.07, 6.45) is 0. The first-order chi connectivity index (χ1) is 15.9. The number of aromatic nitrogens is 2. The lowest BCUT2D eigenvalue weighted by atomic mass is 9.92. The fourth-order valence-corrected chi connectivity index (χ4v) is 3.35. The highest BCUT2D eigenvalue weighted by Gasteiger charge is 2.23. The van der Waals surface area contributed by atoms with Crippen LogP contribution in [0.4, 0.5) is 11.5 Å². The lowest BCUT2D eigenvalue weighted by Crippen LogP contribution is -2.35. The summed E-state index contributed by atoms with van der Waals surface area (Å²) in [6.45, 7) is 9.47. The van der Waals surface area contributed by atoms with Crippen molar-refractivity contribution in [3.8, 4) is 5.69 Å². The van der Waals surface area contributed by atoms with E-state index in [9.17, 15) is 19.7 Å². The fourth-order valence-electron chi connectivity index (χ4n) is 3.35. The van der Waals surface area contributed by atoms with Crippen LogP contribution in [0, 0.1) is 24.0 Å². The monoisotopic (exact) mass is 463 g/mol. The summed E-state index contributed by atoms with van der Waals surface area (Å²) in [4.78, 5) is 37.5. The van der Waals surface area contributed by atoms with Gasteiger partial charge in [-0.25, -0.2) is 4.68 Å². The first-order valence-electron chi connectivity index (χ1n) is 10.8. The Balaban J connectivity index is 1.81. The summed E-state index contributed by atoms with van der Waals surface area (Å²) in [7, 11) is 1.48. The van der Waals surface area contributed by atoms with Gasteiger partial charge in [0.15, 0.2) is 0 Å². The Kier molecular flexibility index (Phi) is 6.85. The number of hydrogen-bond acceptors (Lipinski definition) is 5. The first-order valence-corrected chi connectivity index (χ1v) is 10.8. The van der Waals surface area contributed by atoms with Crippen molar-refractivity contribution < 1.29 is 14.5 Å². The molecule has 34 heavy (non-hydrogen) atoms. The van der Waals surface area contributed by atoms with Gasteiger partial charge in [-0.2, -0.15) is 5.10 Å². The molecule has 9 nitrogen and oxygen atoms in total. The summed E-state index contributed by atoms with van der Waals surface area (Å²) in [6, 6.07) is 13.9. The molecule has 0 spiro atoms. The molecule has 178 valence electrons. The van der Waals surface area contributed by atoms with Gasteiger partial charge < -0.3 is 10.2 Å². The Morgan fingerprint density at radius 3 is 2.32 bits per heavy atom. The van der Waals surface area contributed by atoms with Crippen LogP contribution in [0.15, 0.2) is 48.5 Å². The molecule has 0 radical (unpaired) electrons. The number of hydrogen-bond donors (Lipinski definition) is 1. The number of carbonyl (C=O) groups is 2. The molecule has 1 aromatic heterocycles. The van der Waals surface area contributed by atoms with Crippen LogP contribution in [-0.4, -0.2) is 45.0 Å². The number of nitrogens with one attached hydrogen (secondary N) is 1. The van der Waals surface area contributed by atoms with Crippen molar-refractivity contribution in [3.05, 3.63) is 81.0 Å². The van der Waals surface area contributed by atoms with Gasteiger partial charge >= 0.3 is 0 Å². The van der Waals surface area contributed by atoms with Gasteiger partial charge in [0, 0.05) is 35.7 Å². The van der Waals surface area contributed by atoms with Crippen molar-refractivity contribution in [2.45, 2.75) is 40.0 Å². The summed E-state index contributed by atoms with van der Waals surface area (Å²) in [5, 5.41) is 18.7. The SMILES string of the molecule is Cc1ccc(-n2nc(C(C)(C)C)cc2NC(=O)CN(C)C(=O)c2ccc(C)c([N+](=O)[O-])c2)cc1. The van der Waals surface area contributed by atoms with E-state index in [0.717, 1.165) is 16.9 Å². The van der Waals surface area contributed by atoms with Crippen LogP contribution >= 0.6 is 0 Å². The molecular formula is C25H29N5O4. The molecule has 0 fully saturated rings. The van der Waals surface area contributed by atoms with E-state index in [2.05, 4.69) is 10.4 Å². The van der Waals surface area contributed by atoms with E-state index < -0.39 is 16.7 Å². The predicted octanol–water partition coefficient (Wildman–Crippen LogP) is 4.41. The van der Waals surface area contributed by atoms with Crippen LogP contribution in [0.3, 0.4) is 0 Å². The van der Waals surface area contributed by atoms with E-state index in [1.165, 1.54) is 30.1 Å². The second-order valence-corrected chi connectivity index (χ2v) is 9.38. The van der Waals surface area contributed by atoms with Crippen molar-refractivity contribution in [3.63, 3.8) is 0 Å². The normalized spacial score (nSPS) is 11.2. The van der Waals surface area contributed by atoms with E-state index in [1.807, 2.05) is 58.0 Å². The third-order valence-corrected chi connectivity index (χ3v) is 5.40. The standard InChI is InChI=1S/C25H29N5O4/c1-16-7-11-19(12-8-16)29-22(14-21(27-29)25(3,4)5)26-23(31)15-28(6)24(32)18-10-9-17(2)20(13-18)30(33)34/h7-14H,15H2,1-6H3,(H,26,31). The van der Waals surface area contributed by atoms with Crippen LogP contribution in [0.1, 0.15) is 48.0 Å². The average molecular weight is 464 g/mol. The highest BCUT2D eigenvalue weighted by atomic mass is 16.6. The predicted molar refractivity (Wildman–Crippen MR) is 130 cm³/mol. The van der Waals surface area contributed by atoms with Gasteiger partial charge in [-0.05, 0) is 32.0 Å². The second kappa shape index (κ2) is 9.46. The first kappa shape index (κ1) is 24.6. The number of rotatable bonds is 6. The van der Waals surface area contributed by atoms with E-state index >= 15 is 0 Å².